The fourth-order valence-corrected chi connectivity index (χ4v) is 6.59. The number of anilines is 1. The van der Waals surface area contributed by atoms with Gasteiger partial charge in [-0.15, -0.1) is 21.5 Å². The van der Waals surface area contributed by atoms with E-state index in [9.17, 15) is 18.8 Å². The Labute approximate surface area is 238 Å². The van der Waals surface area contributed by atoms with Crippen LogP contribution in [0.5, 0.6) is 0 Å². The average molecular weight is 594 g/mol. The van der Waals surface area contributed by atoms with Gasteiger partial charge in [0.15, 0.2) is 11.0 Å². The number of hydrogen-bond acceptors (Lipinski definition) is 8. The molecule has 2 heterocycles. The maximum atomic E-state index is 14.1. The number of thioether (sulfide) groups is 1. The van der Waals surface area contributed by atoms with Crippen LogP contribution in [0.3, 0.4) is 0 Å². The lowest BCUT2D eigenvalue weighted by Gasteiger charge is -2.11. The van der Waals surface area contributed by atoms with Crippen molar-refractivity contribution in [3.05, 3.63) is 56.4 Å². The minimum absolute atomic E-state index is 0.0105. The van der Waals surface area contributed by atoms with Gasteiger partial charge >= 0.3 is 5.97 Å². The van der Waals surface area contributed by atoms with Crippen molar-refractivity contribution in [1.29, 1.82) is 0 Å². The molecule has 1 aliphatic carbocycles. The molecule has 39 heavy (non-hydrogen) atoms. The van der Waals surface area contributed by atoms with E-state index in [1.54, 1.807) is 6.92 Å². The molecule has 2 aromatic heterocycles. The molecule has 0 bridgehead atoms. The Morgan fingerprint density at radius 2 is 2.03 bits per heavy atom. The molecule has 0 atom stereocenters. The Balaban J connectivity index is 1.42. The van der Waals surface area contributed by atoms with Crippen molar-refractivity contribution in [2.45, 2.75) is 64.2 Å². The van der Waals surface area contributed by atoms with E-state index in [0.717, 1.165) is 42.5 Å². The minimum Gasteiger partial charge on any atom is -0.462 e. The van der Waals surface area contributed by atoms with Gasteiger partial charge in [-0.25, -0.2) is 9.18 Å². The summed E-state index contributed by atoms with van der Waals surface area (Å²) in [6.07, 6.45) is 4.43. The lowest BCUT2D eigenvalue weighted by Crippen LogP contribution is -2.26. The maximum Gasteiger partial charge on any atom is 0.341 e. The molecule has 0 spiro atoms. The fraction of sp³-hybridized carbons (Fsp3) is 0.423. The number of esters is 1. The van der Waals surface area contributed by atoms with Gasteiger partial charge in [-0.2, -0.15) is 0 Å². The van der Waals surface area contributed by atoms with Crippen LogP contribution < -0.4 is 10.6 Å². The summed E-state index contributed by atoms with van der Waals surface area (Å²) >= 11 is 8.64. The Bertz CT molecular complexity index is 1360. The van der Waals surface area contributed by atoms with Gasteiger partial charge < -0.3 is 19.9 Å². The molecule has 9 nitrogen and oxygen atoms in total. The highest BCUT2D eigenvalue weighted by Crippen LogP contribution is 2.39. The second kappa shape index (κ2) is 13.4. The third kappa shape index (κ3) is 6.79. The van der Waals surface area contributed by atoms with E-state index in [0.29, 0.717) is 28.1 Å². The Kier molecular flexibility index (Phi) is 9.98. The molecule has 1 aliphatic rings. The van der Waals surface area contributed by atoms with Crippen LogP contribution in [0.2, 0.25) is 5.02 Å². The van der Waals surface area contributed by atoms with E-state index < -0.39 is 17.7 Å². The number of thiophene rings is 1. The summed E-state index contributed by atoms with van der Waals surface area (Å²) in [7, 11) is 0. The number of benzene rings is 1. The van der Waals surface area contributed by atoms with Crippen LogP contribution in [0.4, 0.5) is 9.39 Å². The molecule has 1 aromatic carbocycles. The van der Waals surface area contributed by atoms with Gasteiger partial charge in [0.1, 0.15) is 10.8 Å². The van der Waals surface area contributed by atoms with Crippen molar-refractivity contribution >= 4 is 57.5 Å². The van der Waals surface area contributed by atoms with E-state index in [-0.39, 0.29) is 35.4 Å². The summed E-state index contributed by atoms with van der Waals surface area (Å²) in [6.45, 7) is 4.66. The predicted molar refractivity (Wildman–Crippen MR) is 149 cm³/mol. The summed E-state index contributed by atoms with van der Waals surface area (Å²) < 4.78 is 21.2. The molecule has 208 valence electrons. The summed E-state index contributed by atoms with van der Waals surface area (Å²) in [4.78, 5) is 39.1. The van der Waals surface area contributed by atoms with Gasteiger partial charge in [0.05, 0.1) is 35.1 Å². The number of rotatable bonds is 12. The number of hydrogen-bond donors (Lipinski definition) is 2. The highest BCUT2D eigenvalue weighted by Gasteiger charge is 2.28. The standard InChI is InChI=1S/C26H29ClFN5O4S2/c1-3-5-12-33-19(13-29-23(35)22-16(27)9-7-10-17(22)28)31-32-26(33)38-14-20(34)30-24-21(25(36)37-4-2)15-8-6-11-18(15)39-24/h7,9-10H,3-6,8,11-14H2,1-2H3,(H,29,35)(H,30,34). The number of nitrogens with one attached hydrogen (secondary N) is 2. The topological polar surface area (TPSA) is 115 Å². The van der Waals surface area contributed by atoms with E-state index in [1.807, 2.05) is 11.5 Å². The number of fused-ring (bicyclic) bond motifs is 1. The van der Waals surface area contributed by atoms with Gasteiger partial charge in [-0.05, 0) is 50.3 Å². The number of nitrogens with zero attached hydrogens (tertiary/aromatic N) is 3. The Hall–Kier alpha value is -2.96. The molecule has 0 radical (unpaired) electrons. The monoisotopic (exact) mass is 593 g/mol. The molecule has 3 aromatic rings. The smallest absolute Gasteiger partial charge is 0.341 e. The molecule has 0 fully saturated rings. The molecule has 2 N–H and O–H groups in total. The van der Waals surface area contributed by atoms with Crippen molar-refractivity contribution in [2.75, 3.05) is 17.7 Å². The van der Waals surface area contributed by atoms with Crippen LogP contribution in [0.25, 0.3) is 0 Å². The molecule has 0 aliphatic heterocycles. The van der Waals surface area contributed by atoms with Gasteiger partial charge in [0, 0.05) is 11.4 Å². The van der Waals surface area contributed by atoms with Gasteiger partial charge in [0.25, 0.3) is 5.91 Å². The van der Waals surface area contributed by atoms with Gasteiger partial charge in [-0.1, -0.05) is 42.8 Å². The van der Waals surface area contributed by atoms with Crippen LogP contribution in [0.1, 0.15) is 70.1 Å². The number of carbonyl (C=O) groups excluding carboxylic acids is 3. The average Bonchev–Trinajstić information content (AvgIpc) is 3.59. The lowest BCUT2D eigenvalue weighted by atomic mass is 10.1. The second-order valence-corrected chi connectivity index (χ2v) is 11.3. The number of aromatic nitrogens is 3. The van der Waals surface area contributed by atoms with Crippen LogP contribution in [-0.4, -0.2) is 44.9 Å². The fourth-order valence-electron chi connectivity index (χ4n) is 4.26. The summed E-state index contributed by atoms with van der Waals surface area (Å²) in [6, 6.07) is 4.05. The number of amides is 2. The van der Waals surface area contributed by atoms with Crippen molar-refractivity contribution in [1.82, 2.24) is 20.1 Å². The summed E-state index contributed by atoms with van der Waals surface area (Å²) in [5.41, 5.74) is 1.21. The summed E-state index contributed by atoms with van der Waals surface area (Å²) in [5, 5.41) is 15.0. The van der Waals surface area contributed by atoms with E-state index in [1.165, 1.54) is 41.3 Å². The van der Waals surface area contributed by atoms with Crippen molar-refractivity contribution in [3.63, 3.8) is 0 Å². The van der Waals surface area contributed by atoms with Crippen LogP contribution in [0.15, 0.2) is 23.4 Å². The molecule has 0 saturated carbocycles. The molecule has 2 amide bonds. The molecule has 0 unspecified atom stereocenters. The molecular formula is C26H29ClFN5O4S2. The first-order valence-corrected chi connectivity index (χ1v) is 14.9. The van der Waals surface area contributed by atoms with Gasteiger partial charge in [-0.3, -0.25) is 9.59 Å². The first-order valence-electron chi connectivity index (χ1n) is 12.7. The number of aryl methyl sites for hydroxylation is 1. The molecule has 4 rings (SSSR count). The first-order chi connectivity index (χ1) is 18.8. The van der Waals surface area contributed by atoms with Crippen molar-refractivity contribution in [3.8, 4) is 0 Å². The Morgan fingerprint density at radius 3 is 2.77 bits per heavy atom. The van der Waals surface area contributed by atoms with Gasteiger partial charge in [0.2, 0.25) is 5.91 Å². The predicted octanol–water partition coefficient (Wildman–Crippen LogP) is 5.26. The first kappa shape index (κ1) is 29.0. The minimum atomic E-state index is -0.711. The third-order valence-corrected chi connectivity index (χ3v) is 8.60. The highest BCUT2D eigenvalue weighted by molar-refractivity contribution is 7.99. The third-order valence-electron chi connectivity index (χ3n) is 6.11. The van der Waals surface area contributed by atoms with Crippen LogP contribution in [0, 0.1) is 5.82 Å². The Morgan fingerprint density at radius 1 is 1.21 bits per heavy atom. The molecule has 13 heteroatoms. The number of halogens is 2. The largest absolute Gasteiger partial charge is 0.462 e. The SMILES string of the molecule is CCCCn1c(CNC(=O)c2c(F)cccc2Cl)nnc1SCC(=O)Nc1sc2c(c1C(=O)OCC)CCC2. The normalized spacial score (nSPS) is 12.3. The zero-order chi connectivity index (χ0) is 27.9. The number of unbranched alkanes of at least 4 members (excludes halogenated alkanes) is 1. The highest BCUT2D eigenvalue weighted by atomic mass is 35.5. The zero-order valence-electron chi connectivity index (χ0n) is 21.6. The van der Waals surface area contributed by atoms with E-state index in [2.05, 4.69) is 20.8 Å². The zero-order valence-corrected chi connectivity index (χ0v) is 24.0. The lowest BCUT2D eigenvalue weighted by molar-refractivity contribution is -0.113. The molecular weight excluding hydrogens is 565 g/mol. The quantitative estimate of drug-likeness (QED) is 0.217. The molecule has 0 saturated heterocycles. The van der Waals surface area contributed by atoms with Crippen LogP contribution in [-0.2, 0) is 35.5 Å². The second-order valence-electron chi connectivity index (χ2n) is 8.80. The van der Waals surface area contributed by atoms with Crippen molar-refractivity contribution < 1.29 is 23.5 Å². The number of ether oxygens (including phenoxy) is 1. The summed E-state index contributed by atoms with van der Waals surface area (Å²) in [5.74, 6) is -1.53. The maximum absolute atomic E-state index is 14.1. The number of carbonyl (C=O) groups is 3. The van der Waals surface area contributed by atoms with Crippen molar-refractivity contribution in [2.24, 2.45) is 0 Å². The van der Waals surface area contributed by atoms with Crippen LogP contribution >= 0.6 is 34.7 Å². The van der Waals surface area contributed by atoms with E-state index >= 15 is 0 Å². The van der Waals surface area contributed by atoms with E-state index in [4.69, 9.17) is 16.3 Å².